The molecule has 1 heterocycles. The van der Waals surface area contributed by atoms with Crippen molar-refractivity contribution >= 4 is 17.7 Å². The number of nitrogens with zero attached hydrogens (tertiary/aromatic N) is 1. The largest absolute Gasteiger partial charge is 0.438 e. The van der Waals surface area contributed by atoms with Gasteiger partial charge in [-0.1, -0.05) is 54.1 Å². The number of aliphatic hydroxyl groups excluding tert-OH is 1. The monoisotopic (exact) mass is 359 g/mol. The van der Waals surface area contributed by atoms with Gasteiger partial charge in [0.25, 0.3) is 0 Å². The van der Waals surface area contributed by atoms with Gasteiger partial charge >= 0.3 is 6.09 Å². The molecule has 2 atom stereocenters. The van der Waals surface area contributed by atoms with Crippen molar-refractivity contribution in [3.8, 4) is 0 Å². The average molecular weight is 360 g/mol. The zero-order chi connectivity index (χ0) is 17.9. The molecule has 2 aromatic carbocycles. The summed E-state index contributed by atoms with van der Waals surface area (Å²) in [6, 6.07) is 17.0. The van der Waals surface area contributed by atoms with E-state index in [-0.39, 0.29) is 18.7 Å². The zero-order valence-corrected chi connectivity index (χ0v) is 14.9. The van der Waals surface area contributed by atoms with Crippen molar-refractivity contribution in [2.45, 2.75) is 31.4 Å². The Labute approximate surface area is 153 Å². The molecule has 3 rings (SSSR count). The van der Waals surface area contributed by atoms with Crippen molar-refractivity contribution in [3.05, 3.63) is 70.7 Å². The molecule has 0 saturated carbocycles. The van der Waals surface area contributed by atoms with Gasteiger partial charge in [0.1, 0.15) is 5.60 Å². The standard InChI is InChI=1S/C20H22ClNO3/c1-15(16-7-9-18(21)10-8-16)22-13-11-20(12-14-23,25-19(22)24)17-5-3-2-4-6-17/h2-10,15,23H,11-14H2,1H3/t15-,20-/m0/s1. The first kappa shape index (κ1) is 17.8. The highest BCUT2D eigenvalue weighted by molar-refractivity contribution is 6.30. The number of hydrogen-bond donors (Lipinski definition) is 1. The van der Waals surface area contributed by atoms with Gasteiger partial charge in [0.2, 0.25) is 0 Å². The molecule has 25 heavy (non-hydrogen) atoms. The number of hydrogen-bond acceptors (Lipinski definition) is 3. The molecule has 132 valence electrons. The van der Waals surface area contributed by atoms with Crippen molar-refractivity contribution in [3.63, 3.8) is 0 Å². The maximum Gasteiger partial charge on any atom is 0.411 e. The van der Waals surface area contributed by atoms with Gasteiger partial charge in [-0.25, -0.2) is 4.79 Å². The summed E-state index contributed by atoms with van der Waals surface area (Å²) < 4.78 is 5.88. The molecule has 1 saturated heterocycles. The summed E-state index contributed by atoms with van der Waals surface area (Å²) in [5, 5.41) is 10.2. The number of carbonyl (C=O) groups is 1. The van der Waals surface area contributed by atoms with Crippen LogP contribution in [0, 0.1) is 0 Å². The Balaban J connectivity index is 1.81. The molecule has 1 aliphatic heterocycles. The summed E-state index contributed by atoms with van der Waals surface area (Å²) >= 11 is 5.94. The number of aliphatic hydroxyl groups is 1. The Kier molecular flexibility index (Phi) is 5.30. The second-order valence-corrected chi connectivity index (χ2v) is 6.81. The minimum atomic E-state index is -0.761. The van der Waals surface area contributed by atoms with E-state index in [1.165, 1.54) is 0 Å². The molecule has 0 aliphatic carbocycles. The number of cyclic esters (lactones) is 1. The number of ether oxygens (including phenoxy) is 1. The van der Waals surface area contributed by atoms with E-state index in [9.17, 15) is 9.90 Å². The van der Waals surface area contributed by atoms with Crippen molar-refractivity contribution in [2.24, 2.45) is 0 Å². The quantitative estimate of drug-likeness (QED) is 0.853. The summed E-state index contributed by atoms with van der Waals surface area (Å²) in [4.78, 5) is 14.5. The van der Waals surface area contributed by atoms with Gasteiger partial charge in [0.05, 0.1) is 6.04 Å². The second kappa shape index (κ2) is 7.46. The van der Waals surface area contributed by atoms with Crippen LogP contribution in [0.15, 0.2) is 54.6 Å². The van der Waals surface area contributed by atoms with Crippen molar-refractivity contribution in [1.29, 1.82) is 0 Å². The Morgan fingerprint density at radius 3 is 2.48 bits per heavy atom. The summed E-state index contributed by atoms with van der Waals surface area (Å²) in [5.41, 5.74) is 1.18. The second-order valence-electron chi connectivity index (χ2n) is 6.37. The number of carbonyl (C=O) groups excluding carboxylic acids is 1. The van der Waals surface area contributed by atoms with E-state index in [0.29, 0.717) is 24.4 Å². The first-order chi connectivity index (χ1) is 12.1. The van der Waals surface area contributed by atoms with E-state index in [1.807, 2.05) is 61.5 Å². The minimum Gasteiger partial charge on any atom is -0.438 e. The van der Waals surface area contributed by atoms with Crippen LogP contribution in [0.5, 0.6) is 0 Å². The molecule has 1 amide bonds. The Morgan fingerprint density at radius 2 is 1.88 bits per heavy atom. The van der Waals surface area contributed by atoms with Crippen LogP contribution >= 0.6 is 11.6 Å². The van der Waals surface area contributed by atoms with Crippen molar-refractivity contribution in [1.82, 2.24) is 4.90 Å². The van der Waals surface area contributed by atoms with Gasteiger partial charge in [-0.15, -0.1) is 0 Å². The zero-order valence-electron chi connectivity index (χ0n) is 14.2. The van der Waals surface area contributed by atoms with Crippen LogP contribution in [0.4, 0.5) is 4.79 Å². The summed E-state index contributed by atoms with van der Waals surface area (Å²) in [6.07, 6.45) is 0.679. The van der Waals surface area contributed by atoms with E-state index in [1.54, 1.807) is 4.90 Å². The van der Waals surface area contributed by atoms with Crippen molar-refractivity contribution in [2.75, 3.05) is 13.2 Å². The highest BCUT2D eigenvalue weighted by Crippen LogP contribution is 2.39. The molecule has 0 bridgehead atoms. The van der Waals surface area contributed by atoms with E-state index in [0.717, 1.165) is 11.1 Å². The van der Waals surface area contributed by atoms with Gasteiger partial charge < -0.3 is 14.7 Å². The van der Waals surface area contributed by atoms with Gasteiger partial charge in [-0.3, -0.25) is 0 Å². The molecular weight excluding hydrogens is 338 g/mol. The predicted molar refractivity (Wildman–Crippen MR) is 97.5 cm³/mol. The average Bonchev–Trinajstić information content (AvgIpc) is 2.63. The van der Waals surface area contributed by atoms with Gasteiger partial charge in [-0.2, -0.15) is 0 Å². The predicted octanol–water partition coefficient (Wildman–Crippen LogP) is 4.52. The molecule has 2 aromatic rings. The smallest absolute Gasteiger partial charge is 0.411 e. The van der Waals surface area contributed by atoms with Gasteiger partial charge in [-0.05, 0) is 30.2 Å². The molecular formula is C20H22ClNO3. The molecule has 0 aromatic heterocycles. The van der Waals surface area contributed by atoms with Crippen LogP contribution < -0.4 is 0 Å². The number of halogens is 1. The van der Waals surface area contributed by atoms with Crippen LogP contribution in [0.3, 0.4) is 0 Å². The highest BCUT2D eigenvalue weighted by Gasteiger charge is 2.43. The molecule has 1 aliphatic rings. The van der Waals surface area contributed by atoms with Crippen LogP contribution in [-0.2, 0) is 10.3 Å². The lowest BCUT2D eigenvalue weighted by Gasteiger charge is -2.43. The lowest BCUT2D eigenvalue weighted by molar-refractivity contribution is -0.0718. The number of amides is 1. The molecule has 1 N–H and O–H groups in total. The van der Waals surface area contributed by atoms with Gasteiger partial charge in [0, 0.05) is 31.0 Å². The number of benzene rings is 2. The summed E-state index contributed by atoms with van der Waals surface area (Å²) in [7, 11) is 0. The fraction of sp³-hybridized carbons (Fsp3) is 0.350. The fourth-order valence-electron chi connectivity index (χ4n) is 3.39. The number of rotatable bonds is 5. The SMILES string of the molecule is C[C@@H](c1ccc(Cl)cc1)N1CC[C@](CCO)(c2ccccc2)OC1=O. The fourth-order valence-corrected chi connectivity index (χ4v) is 3.51. The van der Waals surface area contributed by atoms with Crippen LogP contribution in [-0.4, -0.2) is 29.3 Å². The Bertz CT molecular complexity index is 719. The van der Waals surface area contributed by atoms with E-state index < -0.39 is 5.60 Å². The molecule has 0 radical (unpaired) electrons. The van der Waals surface area contributed by atoms with Gasteiger partial charge in [0.15, 0.2) is 0 Å². The third-order valence-electron chi connectivity index (χ3n) is 4.91. The Morgan fingerprint density at radius 1 is 1.20 bits per heavy atom. The first-order valence-corrected chi connectivity index (χ1v) is 8.85. The topological polar surface area (TPSA) is 49.8 Å². The van der Waals surface area contributed by atoms with E-state index in [4.69, 9.17) is 16.3 Å². The van der Waals surface area contributed by atoms with Crippen molar-refractivity contribution < 1.29 is 14.6 Å². The molecule has 4 nitrogen and oxygen atoms in total. The Hall–Kier alpha value is -2.04. The lowest BCUT2D eigenvalue weighted by Crippen LogP contribution is -2.49. The molecule has 5 heteroatoms. The lowest BCUT2D eigenvalue weighted by atomic mass is 9.85. The van der Waals surface area contributed by atoms with Crippen LogP contribution in [0.25, 0.3) is 0 Å². The normalized spacial score (nSPS) is 21.7. The molecule has 1 fully saturated rings. The third-order valence-corrected chi connectivity index (χ3v) is 5.16. The van der Waals surface area contributed by atoms with E-state index in [2.05, 4.69) is 0 Å². The summed E-state index contributed by atoms with van der Waals surface area (Å²) in [5.74, 6) is 0. The summed E-state index contributed by atoms with van der Waals surface area (Å²) in [6.45, 7) is 2.51. The third kappa shape index (κ3) is 3.65. The van der Waals surface area contributed by atoms with E-state index >= 15 is 0 Å². The molecule has 0 unspecified atom stereocenters. The maximum atomic E-state index is 12.7. The molecule has 0 spiro atoms. The first-order valence-electron chi connectivity index (χ1n) is 8.47. The highest BCUT2D eigenvalue weighted by atomic mass is 35.5. The minimum absolute atomic E-state index is 0.0328. The van der Waals surface area contributed by atoms with Crippen LogP contribution in [0.2, 0.25) is 5.02 Å². The maximum absolute atomic E-state index is 12.7. The van der Waals surface area contributed by atoms with Crippen LogP contribution in [0.1, 0.15) is 36.9 Å².